The van der Waals surface area contributed by atoms with E-state index in [9.17, 15) is 44.3 Å². The molecule has 7 N–H and O–H groups in total. The lowest BCUT2D eigenvalue weighted by Crippen LogP contribution is -2.39. The smallest absolute Gasteiger partial charge is 0.394 e. The molecule has 20 heteroatoms. The van der Waals surface area contributed by atoms with Crippen molar-refractivity contribution in [3.63, 3.8) is 0 Å². The second kappa shape index (κ2) is 10.5. The number of ether oxygens (including phenoxy) is 2. The Morgan fingerprint density at radius 3 is 2.46 bits per heavy atom. The van der Waals surface area contributed by atoms with Crippen molar-refractivity contribution in [3.05, 3.63) is 56.1 Å². The van der Waals surface area contributed by atoms with E-state index in [4.69, 9.17) is 18.5 Å². The summed E-state index contributed by atoms with van der Waals surface area (Å²) < 4.78 is 35.6. The average Bonchev–Trinajstić information content (AvgIpc) is 3.53. The Morgan fingerprint density at radius 1 is 1.03 bits per heavy atom. The van der Waals surface area contributed by atoms with Gasteiger partial charge >= 0.3 is 13.5 Å². The predicted octanol–water partition coefficient (Wildman–Crippen LogP) is -3.96. The molecule has 19 nitrogen and oxygen atoms in total. The fraction of sp³-hybridized carbons (Fsp3) is 0.526. The molecule has 2 aliphatic heterocycles. The molecule has 0 bridgehead atoms. The Bertz CT molecular complexity index is 1570. The van der Waals surface area contributed by atoms with E-state index in [0.717, 1.165) is 29.5 Å². The standard InChI is InChI=1S/C19H23N6O13P/c26-3-7-14(13(30)18(36-7)24-2-1-9(27)23-19(24)32)38-39(33,34)35-4-8-11(28)12(29)17(37-8)25-6-22-10-15(25)20-5-21-16(10)31/h1-2,5-8,11-14,17-18,26,28-30H,3-4H2,(H,33,34)(H,20,21,31)(H,23,27,32)/t7-,8-,11-,12-,13-,14-,17-,18-/m1/s1. The maximum atomic E-state index is 12.7. The van der Waals surface area contributed by atoms with Crippen molar-refractivity contribution in [2.75, 3.05) is 13.2 Å². The van der Waals surface area contributed by atoms with Crippen molar-refractivity contribution < 1.29 is 48.4 Å². The molecule has 1 unspecified atom stereocenters. The summed E-state index contributed by atoms with van der Waals surface area (Å²) in [5.41, 5.74) is -2.20. The van der Waals surface area contributed by atoms with Crippen LogP contribution in [0.2, 0.25) is 0 Å². The van der Waals surface area contributed by atoms with Crippen LogP contribution >= 0.6 is 7.82 Å². The first-order chi connectivity index (χ1) is 18.5. The highest BCUT2D eigenvalue weighted by molar-refractivity contribution is 7.47. The number of H-pyrrole nitrogens is 2. The van der Waals surface area contributed by atoms with Crippen molar-refractivity contribution >= 4 is 19.0 Å². The van der Waals surface area contributed by atoms with Gasteiger partial charge in [-0.3, -0.25) is 32.8 Å². The Hall–Kier alpha value is -3.10. The number of rotatable bonds is 8. The number of aliphatic hydroxyl groups is 4. The molecule has 0 amide bonds. The topological polar surface area (TPSA) is 274 Å². The minimum Gasteiger partial charge on any atom is -0.394 e. The van der Waals surface area contributed by atoms with Gasteiger partial charge in [0, 0.05) is 12.3 Å². The molecule has 2 saturated heterocycles. The quantitative estimate of drug-likeness (QED) is 0.126. The van der Waals surface area contributed by atoms with Gasteiger partial charge in [0.1, 0.15) is 36.6 Å². The van der Waals surface area contributed by atoms with Gasteiger partial charge in [0.25, 0.3) is 11.1 Å². The maximum absolute atomic E-state index is 12.7. The lowest BCUT2D eigenvalue weighted by Gasteiger charge is -2.23. The van der Waals surface area contributed by atoms with Crippen LogP contribution in [0.1, 0.15) is 12.5 Å². The highest BCUT2D eigenvalue weighted by Gasteiger charge is 2.50. The molecule has 5 rings (SSSR count). The summed E-state index contributed by atoms with van der Waals surface area (Å²) in [6.07, 6.45) is -8.83. The second-order valence-corrected chi connectivity index (χ2v) is 10.1. The number of phosphoric acid groups is 1. The van der Waals surface area contributed by atoms with Crippen molar-refractivity contribution in [3.8, 4) is 0 Å². The molecule has 2 aliphatic rings. The highest BCUT2D eigenvalue weighted by atomic mass is 31.2. The van der Waals surface area contributed by atoms with Gasteiger partial charge in [0.15, 0.2) is 23.6 Å². The van der Waals surface area contributed by atoms with Crippen LogP contribution in [-0.4, -0.2) is 104 Å². The zero-order chi connectivity index (χ0) is 28.1. The summed E-state index contributed by atoms with van der Waals surface area (Å²) in [7, 11) is -5.04. The summed E-state index contributed by atoms with van der Waals surface area (Å²) in [4.78, 5) is 57.7. The molecule has 0 saturated carbocycles. The van der Waals surface area contributed by atoms with E-state index in [1.54, 1.807) is 0 Å². The van der Waals surface area contributed by atoms with E-state index in [2.05, 4.69) is 15.0 Å². The lowest BCUT2D eigenvalue weighted by atomic mass is 10.1. The van der Waals surface area contributed by atoms with Crippen LogP contribution in [0, 0.1) is 0 Å². The number of aliphatic hydroxyl groups excluding tert-OH is 4. The van der Waals surface area contributed by atoms with Crippen molar-refractivity contribution in [2.45, 2.75) is 49.1 Å². The molecule has 5 heterocycles. The first-order valence-corrected chi connectivity index (χ1v) is 12.8. The molecule has 3 aromatic heterocycles. The first kappa shape index (κ1) is 27.5. The van der Waals surface area contributed by atoms with Crippen molar-refractivity contribution in [1.29, 1.82) is 0 Å². The van der Waals surface area contributed by atoms with E-state index in [1.807, 2.05) is 4.98 Å². The molecule has 0 aliphatic carbocycles. The fourth-order valence-electron chi connectivity index (χ4n) is 4.35. The molecule has 0 radical (unpaired) electrons. The molecule has 0 aromatic carbocycles. The summed E-state index contributed by atoms with van der Waals surface area (Å²) in [6, 6.07) is 0.981. The zero-order valence-corrected chi connectivity index (χ0v) is 20.5. The molecule has 9 atom stereocenters. The average molecular weight is 574 g/mol. The second-order valence-electron chi connectivity index (χ2n) is 8.69. The molecule has 0 spiro atoms. The number of fused-ring (bicyclic) bond motifs is 1. The molecular formula is C19H23N6O13P. The SMILES string of the molecule is O=c1ccn([C@@H]2O[C@H](CO)[C@@H](OP(=O)(O)OC[C@H]3O[C@@H](n4cnc5c(=O)[nH]cnc54)[C@H](O)[C@@H]3O)[C@H]2O)c(=O)[nH]1. The van der Waals surface area contributed by atoms with Crippen LogP contribution in [-0.2, 0) is 23.1 Å². The van der Waals surface area contributed by atoms with Crippen LogP contribution in [0.15, 0.2) is 39.3 Å². The van der Waals surface area contributed by atoms with Gasteiger partial charge in [-0.2, -0.15) is 0 Å². The van der Waals surface area contributed by atoms with E-state index >= 15 is 0 Å². The number of phosphoric ester groups is 1. The Balaban J connectivity index is 1.26. The summed E-state index contributed by atoms with van der Waals surface area (Å²) in [5, 5.41) is 41.2. The molecule has 39 heavy (non-hydrogen) atoms. The third-order valence-corrected chi connectivity index (χ3v) is 7.23. The van der Waals surface area contributed by atoms with E-state index in [1.165, 1.54) is 4.57 Å². The van der Waals surface area contributed by atoms with Gasteiger partial charge in [-0.05, 0) is 0 Å². The third kappa shape index (κ3) is 5.12. The highest BCUT2D eigenvalue weighted by Crippen LogP contribution is 2.49. The van der Waals surface area contributed by atoms with Gasteiger partial charge in [0.2, 0.25) is 0 Å². The van der Waals surface area contributed by atoms with Crippen LogP contribution in [0.3, 0.4) is 0 Å². The number of hydrogen-bond acceptors (Lipinski definition) is 14. The van der Waals surface area contributed by atoms with Gasteiger partial charge in [0.05, 0.1) is 25.9 Å². The number of nitrogens with zero attached hydrogens (tertiary/aromatic N) is 4. The minimum absolute atomic E-state index is 0.0473. The third-order valence-electron chi connectivity index (χ3n) is 6.25. The van der Waals surface area contributed by atoms with Crippen molar-refractivity contribution in [2.24, 2.45) is 0 Å². The van der Waals surface area contributed by atoms with Gasteiger partial charge < -0.3 is 39.8 Å². The van der Waals surface area contributed by atoms with Crippen LogP contribution in [0.4, 0.5) is 0 Å². The van der Waals surface area contributed by atoms with Crippen molar-refractivity contribution in [1.82, 2.24) is 29.1 Å². The Morgan fingerprint density at radius 2 is 1.74 bits per heavy atom. The molecule has 2 fully saturated rings. The number of hydrogen-bond donors (Lipinski definition) is 7. The van der Waals surface area contributed by atoms with Gasteiger partial charge in [-0.15, -0.1) is 0 Å². The fourth-order valence-corrected chi connectivity index (χ4v) is 5.32. The van der Waals surface area contributed by atoms with Crippen LogP contribution in [0.5, 0.6) is 0 Å². The Labute approximate surface area is 215 Å². The normalized spacial score (nSPS) is 32.5. The summed E-state index contributed by atoms with van der Waals surface area (Å²) >= 11 is 0. The first-order valence-electron chi connectivity index (χ1n) is 11.3. The zero-order valence-electron chi connectivity index (χ0n) is 19.6. The number of imidazole rings is 1. The summed E-state index contributed by atoms with van der Waals surface area (Å²) in [5.74, 6) is 0. The Kier molecular flexibility index (Phi) is 7.37. The molecular weight excluding hydrogens is 551 g/mol. The molecule has 3 aromatic rings. The lowest BCUT2D eigenvalue weighted by molar-refractivity contribution is -0.0595. The maximum Gasteiger partial charge on any atom is 0.472 e. The van der Waals surface area contributed by atoms with Gasteiger partial charge in [-0.25, -0.2) is 19.3 Å². The van der Waals surface area contributed by atoms with Crippen LogP contribution in [0.25, 0.3) is 11.2 Å². The summed E-state index contributed by atoms with van der Waals surface area (Å²) in [6.45, 7) is -1.57. The van der Waals surface area contributed by atoms with E-state index < -0.39 is 86.9 Å². The van der Waals surface area contributed by atoms with Crippen LogP contribution < -0.4 is 16.8 Å². The number of aromatic amines is 2. The minimum atomic E-state index is -5.04. The molecule has 212 valence electrons. The number of aromatic nitrogens is 6. The van der Waals surface area contributed by atoms with E-state index in [-0.39, 0.29) is 11.2 Å². The largest absolute Gasteiger partial charge is 0.472 e. The van der Waals surface area contributed by atoms with E-state index in [0.29, 0.717) is 0 Å². The predicted molar refractivity (Wildman–Crippen MR) is 123 cm³/mol. The number of nitrogens with one attached hydrogen (secondary N) is 2. The monoisotopic (exact) mass is 574 g/mol. The van der Waals surface area contributed by atoms with Gasteiger partial charge in [-0.1, -0.05) is 0 Å².